The monoisotopic (exact) mass is 343 g/mol. The Bertz CT molecular complexity index is 863. The third-order valence-corrected chi connectivity index (χ3v) is 4.73. The topological polar surface area (TPSA) is 38.7 Å². The second-order valence-corrected chi connectivity index (χ2v) is 6.72. The second-order valence-electron chi connectivity index (χ2n) is 6.72. The minimum absolute atomic E-state index is 0.833. The normalized spacial score (nSPS) is 10.6. The number of pyridine rings is 3. The largest absolute Gasteiger partial charge is 0.261 e. The average Bonchev–Trinajstić information content (AvgIpc) is 2.64. The number of aryl methyl sites for hydroxylation is 3. The predicted octanol–water partition coefficient (Wildman–Crippen LogP) is 4.75. The molecule has 0 aliphatic rings. The molecule has 3 aromatic heterocycles. The van der Waals surface area contributed by atoms with E-state index in [0.29, 0.717) is 0 Å². The van der Waals surface area contributed by atoms with Gasteiger partial charge in [0.1, 0.15) is 0 Å². The molecule has 0 aliphatic heterocycles. The summed E-state index contributed by atoms with van der Waals surface area (Å²) in [7, 11) is 0. The van der Waals surface area contributed by atoms with E-state index in [2.05, 4.69) is 60.0 Å². The molecule has 0 saturated heterocycles. The van der Waals surface area contributed by atoms with Crippen LogP contribution in [0.2, 0.25) is 0 Å². The van der Waals surface area contributed by atoms with Crippen LogP contribution in [-0.2, 0) is 19.3 Å². The van der Waals surface area contributed by atoms with Gasteiger partial charge in [-0.2, -0.15) is 0 Å². The number of hydrogen-bond donors (Lipinski definition) is 0. The van der Waals surface area contributed by atoms with Gasteiger partial charge in [-0.1, -0.05) is 29.8 Å². The van der Waals surface area contributed by atoms with Crippen LogP contribution in [-0.4, -0.2) is 15.0 Å². The summed E-state index contributed by atoms with van der Waals surface area (Å²) in [5, 5.41) is 0. The van der Waals surface area contributed by atoms with Crippen LogP contribution in [0.1, 0.15) is 33.8 Å². The summed E-state index contributed by atoms with van der Waals surface area (Å²) in [6.45, 7) is 6.35. The molecule has 0 saturated carbocycles. The van der Waals surface area contributed by atoms with E-state index in [1.807, 2.05) is 36.8 Å². The van der Waals surface area contributed by atoms with Crippen molar-refractivity contribution in [3.05, 3.63) is 100 Å². The number of rotatable bonds is 6. The zero-order valence-corrected chi connectivity index (χ0v) is 15.7. The Balaban J connectivity index is 1.88. The zero-order chi connectivity index (χ0) is 18.4. The summed E-state index contributed by atoms with van der Waals surface area (Å²) in [4.78, 5) is 13.7. The minimum atomic E-state index is 0.833. The van der Waals surface area contributed by atoms with Crippen LogP contribution >= 0.6 is 0 Å². The highest BCUT2D eigenvalue weighted by molar-refractivity contribution is 5.30. The van der Waals surface area contributed by atoms with Crippen molar-refractivity contribution in [1.82, 2.24) is 15.0 Å². The Hall–Kier alpha value is -2.81. The average molecular weight is 343 g/mol. The summed E-state index contributed by atoms with van der Waals surface area (Å²) in [6, 6.07) is 12.3. The van der Waals surface area contributed by atoms with E-state index >= 15 is 0 Å². The molecule has 0 amide bonds. The van der Waals surface area contributed by atoms with Crippen LogP contribution in [0.5, 0.6) is 0 Å². The molecule has 0 aliphatic carbocycles. The number of hydrogen-bond acceptors (Lipinski definition) is 3. The molecule has 0 aromatic carbocycles. The molecule has 0 spiro atoms. The van der Waals surface area contributed by atoms with Gasteiger partial charge in [0, 0.05) is 54.9 Å². The predicted molar refractivity (Wildman–Crippen MR) is 106 cm³/mol. The van der Waals surface area contributed by atoms with Gasteiger partial charge in [-0.3, -0.25) is 15.0 Å². The molecule has 3 aromatic rings. The van der Waals surface area contributed by atoms with Crippen molar-refractivity contribution in [1.29, 1.82) is 0 Å². The molecule has 0 N–H and O–H groups in total. The first-order valence-electron chi connectivity index (χ1n) is 9.03. The highest BCUT2D eigenvalue weighted by Gasteiger charge is 2.08. The maximum absolute atomic E-state index is 4.58. The van der Waals surface area contributed by atoms with Crippen LogP contribution in [0.3, 0.4) is 0 Å². The molecule has 0 fully saturated rings. The van der Waals surface area contributed by atoms with Gasteiger partial charge >= 0.3 is 0 Å². The first-order valence-corrected chi connectivity index (χ1v) is 9.03. The maximum atomic E-state index is 4.58. The number of allylic oxidation sites excluding steroid dienone is 2. The zero-order valence-electron chi connectivity index (χ0n) is 15.7. The highest BCUT2D eigenvalue weighted by atomic mass is 14.7. The fourth-order valence-electron chi connectivity index (χ4n) is 3.02. The van der Waals surface area contributed by atoms with E-state index in [-0.39, 0.29) is 0 Å². The van der Waals surface area contributed by atoms with Crippen molar-refractivity contribution in [3.63, 3.8) is 0 Å². The fraction of sp³-hybridized carbons (Fsp3) is 0.261. The van der Waals surface area contributed by atoms with Gasteiger partial charge in [0.2, 0.25) is 0 Å². The molecule has 132 valence electrons. The van der Waals surface area contributed by atoms with Gasteiger partial charge in [-0.05, 0) is 55.7 Å². The van der Waals surface area contributed by atoms with Gasteiger partial charge < -0.3 is 0 Å². The van der Waals surface area contributed by atoms with Gasteiger partial charge in [0.15, 0.2) is 0 Å². The van der Waals surface area contributed by atoms with Crippen molar-refractivity contribution in [2.75, 3.05) is 0 Å². The summed E-state index contributed by atoms with van der Waals surface area (Å²) in [6.07, 6.45) is 10.4. The molecular formula is C23H25N3. The van der Waals surface area contributed by atoms with Crippen molar-refractivity contribution in [2.24, 2.45) is 0 Å². The van der Waals surface area contributed by atoms with E-state index < -0.39 is 0 Å². The molecule has 3 heteroatoms. The van der Waals surface area contributed by atoms with Gasteiger partial charge in [0.05, 0.1) is 0 Å². The molecular weight excluding hydrogens is 318 g/mol. The smallest absolute Gasteiger partial charge is 0.0473 e. The third-order valence-electron chi connectivity index (χ3n) is 4.73. The molecule has 0 unspecified atom stereocenters. The van der Waals surface area contributed by atoms with E-state index in [1.54, 1.807) is 0 Å². The number of nitrogens with zero attached hydrogens (tertiary/aromatic N) is 3. The van der Waals surface area contributed by atoms with Crippen molar-refractivity contribution in [2.45, 2.75) is 40.0 Å². The molecule has 0 radical (unpaired) electrons. The summed E-state index contributed by atoms with van der Waals surface area (Å²) in [5.41, 5.74) is 8.40. The lowest BCUT2D eigenvalue weighted by Crippen LogP contribution is -2.04. The van der Waals surface area contributed by atoms with E-state index in [1.165, 1.54) is 22.3 Å². The first kappa shape index (κ1) is 18.0. The minimum Gasteiger partial charge on any atom is -0.261 e. The standard InChI is InChI=1S/C23H25N3/c1-17-7-4-12-24-21(17)11-10-20(15-22-18(2)8-5-13-25-22)16-23-19(3)9-6-14-26-23/h4-10,12-14H,11,15-16H2,1-3H3. The van der Waals surface area contributed by atoms with E-state index in [9.17, 15) is 0 Å². The molecule has 3 heterocycles. The lowest BCUT2D eigenvalue weighted by atomic mass is 9.98. The Morgan fingerprint density at radius 1 is 0.692 bits per heavy atom. The van der Waals surface area contributed by atoms with Gasteiger partial charge in [-0.25, -0.2) is 0 Å². The van der Waals surface area contributed by atoms with Crippen LogP contribution in [0.15, 0.2) is 66.6 Å². The Morgan fingerprint density at radius 2 is 1.12 bits per heavy atom. The third kappa shape index (κ3) is 4.63. The summed E-state index contributed by atoms with van der Waals surface area (Å²) >= 11 is 0. The first-order chi connectivity index (χ1) is 12.6. The van der Waals surface area contributed by atoms with E-state index in [0.717, 1.165) is 36.3 Å². The lowest BCUT2D eigenvalue weighted by Gasteiger charge is -2.11. The lowest BCUT2D eigenvalue weighted by molar-refractivity contribution is 0.918. The summed E-state index contributed by atoms with van der Waals surface area (Å²) in [5.74, 6) is 0. The van der Waals surface area contributed by atoms with Crippen LogP contribution < -0.4 is 0 Å². The van der Waals surface area contributed by atoms with E-state index in [4.69, 9.17) is 0 Å². The Morgan fingerprint density at radius 3 is 1.54 bits per heavy atom. The highest BCUT2D eigenvalue weighted by Crippen LogP contribution is 2.17. The van der Waals surface area contributed by atoms with Gasteiger partial charge in [0.25, 0.3) is 0 Å². The Kier molecular flexibility index (Phi) is 5.90. The van der Waals surface area contributed by atoms with Crippen molar-refractivity contribution in [3.8, 4) is 0 Å². The molecule has 3 rings (SSSR count). The second kappa shape index (κ2) is 8.52. The molecule has 0 bridgehead atoms. The van der Waals surface area contributed by atoms with Crippen molar-refractivity contribution >= 4 is 0 Å². The van der Waals surface area contributed by atoms with Crippen LogP contribution in [0, 0.1) is 20.8 Å². The van der Waals surface area contributed by atoms with Gasteiger partial charge in [-0.15, -0.1) is 0 Å². The maximum Gasteiger partial charge on any atom is 0.0473 e. The Labute approximate surface area is 155 Å². The molecule has 0 atom stereocenters. The van der Waals surface area contributed by atoms with Crippen molar-refractivity contribution < 1.29 is 0 Å². The SMILES string of the molecule is Cc1cccnc1CC=C(Cc1ncccc1C)Cc1ncccc1C. The molecule has 26 heavy (non-hydrogen) atoms. The molecule has 3 nitrogen and oxygen atoms in total. The van der Waals surface area contributed by atoms with Crippen LogP contribution in [0.4, 0.5) is 0 Å². The number of aromatic nitrogens is 3. The van der Waals surface area contributed by atoms with Crippen LogP contribution in [0.25, 0.3) is 0 Å². The summed E-state index contributed by atoms with van der Waals surface area (Å²) < 4.78 is 0. The quantitative estimate of drug-likeness (QED) is 0.606. The fourth-order valence-corrected chi connectivity index (χ4v) is 3.02.